The van der Waals surface area contributed by atoms with Crippen molar-refractivity contribution in [1.82, 2.24) is 0 Å². The minimum Gasteiger partial charge on any atom is -0.473 e. The van der Waals surface area contributed by atoms with Gasteiger partial charge in [0.15, 0.2) is 6.73 Å². The van der Waals surface area contributed by atoms with Gasteiger partial charge in [-0.2, -0.15) is 0 Å². The lowest BCUT2D eigenvalue weighted by Gasteiger charge is -2.31. The summed E-state index contributed by atoms with van der Waals surface area (Å²) in [6.45, 7) is 0.850. The quantitative estimate of drug-likeness (QED) is 0.364. The van der Waals surface area contributed by atoms with Crippen molar-refractivity contribution in [2.45, 2.75) is 6.54 Å². The molecule has 2 heterocycles. The van der Waals surface area contributed by atoms with Gasteiger partial charge in [-0.1, -0.05) is 53.5 Å². The predicted molar refractivity (Wildman–Crippen MR) is 116 cm³/mol. The summed E-state index contributed by atoms with van der Waals surface area (Å²) in [5.74, 6) is 0.704. The first-order chi connectivity index (χ1) is 14.1. The van der Waals surface area contributed by atoms with Crippen LogP contribution in [0.15, 0.2) is 75.9 Å². The van der Waals surface area contributed by atoms with Crippen molar-refractivity contribution in [2.24, 2.45) is 0 Å². The Labute approximate surface area is 176 Å². The van der Waals surface area contributed by atoms with E-state index < -0.39 is 5.63 Å². The van der Waals surface area contributed by atoms with Crippen LogP contribution in [0.5, 0.6) is 5.75 Å². The van der Waals surface area contributed by atoms with E-state index in [1.54, 1.807) is 6.07 Å². The molecule has 0 saturated carbocycles. The zero-order valence-electron chi connectivity index (χ0n) is 15.2. The molecule has 0 N–H and O–H groups in total. The van der Waals surface area contributed by atoms with Gasteiger partial charge in [0.05, 0.1) is 12.1 Å². The molecule has 0 bridgehead atoms. The molecule has 144 valence electrons. The number of anilines is 1. The van der Waals surface area contributed by atoms with Gasteiger partial charge < -0.3 is 14.1 Å². The van der Waals surface area contributed by atoms with E-state index >= 15 is 0 Å². The van der Waals surface area contributed by atoms with Gasteiger partial charge in [0.1, 0.15) is 11.3 Å². The van der Waals surface area contributed by atoms with Gasteiger partial charge in [-0.25, -0.2) is 4.79 Å². The molecule has 0 spiro atoms. The molecule has 3 aromatic carbocycles. The first-order valence-corrected chi connectivity index (χ1v) is 9.83. The third-order valence-electron chi connectivity index (χ3n) is 4.99. The molecule has 5 rings (SSSR count). The van der Waals surface area contributed by atoms with Crippen LogP contribution in [0.2, 0.25) is 10.0 Å². The fourth-order valence-corrected chi connectivity index (χ4v) is 4.19. The summed E-state index contributed by atoms with van der Waals surface area (Å²) in [4.78, 5) is 14.3. The fraction of sp³-hybridized carbons (Fsp3) is 0.0870. The molecule has 1 aliphatic heterocycles. The molecule has 4 nitrogen and oxygen atoms in total. The molecule has 0 fully saturated rings. The highest BCUT2D eigenvalue weighted by atomic mass is 35.5. The van der Waals surface area contributed by atoms with Gasteiger partial charge in [0.2, 0.25) is 0 Å². The van der Waals surface area contributed by atoms with E-state index in [1.807, 2.05) is 59.5 Å². The molecule has 29 heavy (non-hydrogen) atoms. The smallest absolute Gasteiger partial charge is 0.336 e. The number of hydrogen-bond donors (Lipinski definition) is 0. The Kier molecular flexibility index (Phi) is 4.46. The Balaban J connectivity index is 1.66. The van der Waals surface area contributed by atoms with Crippen LogP contribution in [0.4, 0.5) is 5.69 Å². The molecule has 0 unspecified atom stereocenters. The third-order valence-corrected chi connectivity index (χ3v) is 5.43. The van der Waals surface area contributed by atoms with Crippen LogP contribution in [-0.4, -0.2) is 6.73 Å². The minimum atomic E-state index is -0.396. The van der Waals surface area contributed by atoms with Crippen molar-refractivity contribution < 1.29 is 9.15 Å². The lowest BCUT2D eigenvalue weighted by Crippen LogP contribution is -2.32. The standard InChI is InChI=1S/C23H15Cl2NO3/c24-15-8-16(25)10-17(9-15)26-12-20-21(28-13-26)7-6-18-19(11-22(27)29-23(18)20)14-4-2-1-3-5-14/h1-11H,12-13H2. The molecule has 1 aromatic heterocycles. The second kappa shape index (κ2) is 7.14. The maximum atomic E-state index is 12.3. The number of hydrogen-bond acceptors (Lipinski definition) is 4. The molecule has 0 aliphatic carbocycles. The van der Waals surface area contributed by atoms with Crippen molar-refractivity contribution in [3.63, 3.8) is 0 Å². The van der Waals surface area contributed by atoms with Crippen LogP contribution < -0.4 is 15.3 Å². The number of nitrogens with zero attached hydrogens (tertiary/aromatic N) is 1. The normalized spacial score (nSPS) is 13.2. The Hall–Kier alpha value is -2.95. The first kappa shape index (κ1) is 18.1. The first-order valence-electron chi connectivity index (χ1n) is 9.07. The van der Waals surface area contributed by atoms with Crippen molar-refractivity contribution in [1.29, 1.82) is 0 Å². The number of ether oxygens (including phenoxy) is 1. The van der Waals surface area contributed by atoms with Gasteiger partial charge in [-0.3, -0.25) is 0 Å². The lowest BCUT2D eigenvalue weighted by atomic mass is 9.99. The van der Waals surface area contributed by atoms with E-state index in [9.17, 15) is 4.79 Å². The Morgan fingerprint density at radius 1 is 0.897 bits per heavy atom. The van der Waals surface area contributed by atoms with Crippen molar-refractivity contribution in [3.8, 4) is 16.9 Å². The minimum absolute atomic E-state index is 0.345. The van der Waals surface area contributed by atoms with Gasteiger partial charge in [-0.05, 0) is 41.5 Å². The van der Waals surface area contributed by atoms with E-state index in [0.29, 0.717) is 34.7 Å². The third kappa shape index (κ3) is 3.35. The van der Waals surface area contributed by atoms with Gasteiger partial charge >= 0.3 is 5.63 Å². The Bertz CT molecular complexity index is 1260. The van der Waals surface area contributed by atoms with Gasteiger partial charge in [-0.15, -0.1) is 0 Å². The Morgan fingerprint density at radius 3 is 2.41 bits per heavy atom. The lowest BCUT2D eigenvalue weighted by molar-refractivity contribution is 0.289. The summed E-state index contributed by atoms with van der Waals surface area (Å²) in [5, 5.41) is 1.97. The van der Waals surface area contributed by atoms with Crippen LogP contribution in [-0.2, 0) is 6.54 Å². The summed E-state index contributed by atoms with van der Waals surface area (Å²) < 4.78 is 11.6. The van der Waals surface area contributed by atoms with E-state index in [-0.39, 0.29) is 0 Å². The second-order valence-electron chi connectivity index (χ2n) is 6.86. The number of rotatable bonds is 2. The van der Waals surface area contributed by atoms with E-state index in [4.69, 9.17) is 32.4 Å². The van der Waals surface area contributed by atoms with Crippen LogP contribution >= 0.6 is 23.2 Å². The summed E-state index contributed by atoms with van der Waals surface area (Å²) in [6.07, 6.45) is 0. The zero-order chi connectivity index (χ0) is 20.0. The summed E-state index contributed by atoms with van der Waals surface area (Å²) in [5.41, 5.74) is 3.59. The average molecular weight is 424 g/mol. The van der Waals surface area contributed by atoms with E-state index in [0.717, 1.165) is 27.8 Å². The summed E-state index contributed by atoms with van der Waals surface area (Å²) in [6, 6.07) is 20.5. The average Bonchev–Trinajstić information content (AvgIpc) is 2.72. The van der Waals surface area contributed by atoms with Crippen LogP contribution in [0.1, 0.15) is 5.56 Å². The SMILES string of the molecule is O=c1cc(-c2ccccc2)c2ccc3c(c2o1)CN(c1cc(Cl)cc(Cl)c1)CO3. The zero-order valence-corrected chi connectivity index (χ0v) is 16.7. The number of benzene rings is 3. The summed E-state index contributed by atoms with van der Waals surface area (Å²) >= 11 is 12.3. The highest BCUT2D eigenvalue weighted by molar-refractivity contribution is 6.35. The topological polar surface area (TPSA) is 42.7 Å². The van der Waals surface area contributed by atoms with Crippen LogP contribution in [0.3, 0.4) is 0 Å². The summed E-state index contributed by atoms with van der Waals surface area (Å²) in [7, 11) is 0. The molecule has 0 amide bonds. The van der Waals surface area contributed by atoms with E-state index in [2.05, 4.69) is 0 Å². The van der Waals surface area contributed by atoms with Gasteiger partial charge in [0, 0.05) is 27.2 Å². The monoisotopic (exact) mass is 423 g/mol. The predicted octanol–water partition coefficient (Wildman–Crippen LogP) is 6.12. The maximum absolute atomic E-state index is 12.3. The van der Waals surface area contributed by atoms with Crippen molar-refractivity contribution in [2.75, 3.05) is 11.6 Å². The number of halogens is 2. The molecule has 6 heteroatoms. The molecular formula is C23H15Cl2NO3. The molecular weight excluding hydrogens is 409 g/mol. The molecule has 4 aromatic rings. The molecule has 0 saturated heterocycles. The van der Waals surface area contributed by atoms with Gasteiger partial charge in [0.25, 0.3) is 0 Å². The largest absolute Gasteiger partial charge is 0.473 e. The van der Waals surface area contributed by atoms with Crippen LogP contribution in [0, 0.1) is 0 Å². The second-order valence-corrected chi connectivity index (χ2v) is 7.74. The molecule has 1 aliphatic rings. The van der Waals surface area contributed by atoms with E-state index in [1.165, 1.54) is 6.07 Å². The highest BCUT2D eigenvalue weighted by Gasteiger charge is 2.23. The van der Waals surface area contributed by atoms with Crippen molar-refractivity contribution >= 4 is 39.9 Å². The maximum Gasteiger partial charge on any atom is 0.336 e. The molecule has 0 atom stereocenters. The van der Waals surface area contributed by atoms with Crippen LogP contribution in [0.25, 0.3) is 22.1 Å². The fourth-order valence-electron chi connectivity index (χ4n) is 3.68. The molecule has 0 radical (unpaired) electrons. The van der Waals surface area contributed by atoms with Crippen molar-refractivity contribution in [3.05, 3.63) is 92.8 Å². The Morgan fingerprint density at radius 2 is 1.66 bits per heavy atom. The highest BCUT2D eigenvalue weighted by Crippen LogP contribution is 2.38. The number of fused-ring (bicyclic) bond motifs is 3.